The first-order valence-corrected chi connectivity index (χ1v) is 5.74. The van der Waals surface area contributed by atoms with Crippen molar-refractivity contribution in [1.82, 2.24) is 0 Å². The number of hydrogen-bond donors (Lipinski definition) is 2. The van der Waals surface area contributed by atoms with Crippen LogP contribution in [0.15, 0.2) is 0 Å². The molecule has 82 valence electrons. The molecule has 2 aliphatic rings. The fourth-order valence-corrected chi connectivity index (χ4v) is 2.65. The van der Waals surface area contributed by atoms with E-state index < -0.39 is 0 Å². The fourth-order valence-electron chi connectivity index (χ4n) is 2.65. The van der Waals surface area contributed by atoms with Gasteiger partial charge in [-0.1, -0.05) is 6.42 Å². The van der Waals surface area contributed by atoms with Crippen LogP contribution in [0.2, 0.25) is 0 Å². The third kappa shape index (κ3) is 1.69. The Hall–Kier alpha value is -0.120. The zero-order valence-electron chi connectivity index (χ0n) is 8.74. The highest BCUT2D eigenvalue weighted by molar-refractivity contribution is 4.94. The van der Waals surface area contributed by atoms with Gasteiger partial charge < -0.3 is 15.6 Å². The Morgan fingerprint density at radius 1 is 1.36 bits per heavy atom. The van der Waals surface area contributed by atoms with E-state index >= 15 is 0 Å². The zero-order valence-corrected chi connectivity index (χ0v) is 8.74. The van der Waals surface area contributed by atoms with Crippen molar-refractivity contribution < 1.29 is 9.84 Å². The van der Waals surface area contributed by atoms with E-state index in [1.54, 1.807) is 0 Å². The number of aliphatic hydroxyl groups excluding tert-OH is 1. The fraction of sp³-hybridized carbons (Fsp3) is 1.00. The van der Waals surface area contributed by atoms with Gasteiger partial charge >= 0.3 is 0 Å². The van der Waals surface area contributed by atoms with Gasteiger partial charge in [-0.2, -0.15) is 0 Å². The normalized spacial score (nSPS) is 29.6. The maximum atomic E-state index is 10.3. The highest BCUT2D eigenvalue weighted by atomic mass is 16.5. The third-order valence-electron chi connectivity index (χ3n) is 4.12. The second-order valence-corrected chi connectivity index (χ2v) is 4.81. The molecular formula is C11H21NO2. The molecule has 0 spiro atoms. The van der Waals surface area contributed by atoms with E-state index in [1.165, 1.54) is 19.3 Å². The number of nitrogens with two attached hydrogens (primary N) is 1. The van der Waals surface area contributed by atoms with E-state index in [4.69, 9.17) is 10.5 Å². The molecule has 2 rings (SSSR count). The van der Waals surface area contributed by atoms with Crippen molar-refractivity contribution in [1.29, 1.82) is 0 Å². The first kappa shape index (κ1) is 10.4. The average molecular weight is 199 g/mol. The number of rotatable bonds is 3. The Bertz CT molecular complexity index is 186. The van der Waals surface area contributed by atoms with Crippen molar-refractivity contribution in [2.45, 2.75) is 38.2 Å². The average Bonchev–Trinajstić information content (AvgIpc) is 2.16. The highest BCUT2D eigenvalue weighted by Gasteiger charge is 2.43. The van der Waals surface area contributed by atoms with Gasteiger partial charge in [0.25, 0.3) is 0 Å². The summed E-state index contributed by atoms with van der Waals surface area (Å²) in [5, 5.41) is 10.3. The quantitative estimate of drug-likeness (QED) is 0.710. The summed E-state index contributed by atoms with van der Waals surface area (Å²) in [6.45, 7) is 2.13. The Labute approximate surface area is 85.6 Å². The molecule has 0 amide bonds. The lowest BCUT2D eigenvalue weighted by atomic mass is 9.66. The predicted molar refractivity (Wildman–Crippen MR) is 54.9 cm³/mol. The van der Waals surface area contributed by atoms with Gasteiger partial charge in [-0.15, -0.1) is 0 Å². The molecule has 0 unspecified atom stereocenters. The van der Waals surface area contributed by atoms with E-state index in [-0.39, 0.29) is 11.5 Å². The van der Waals surface area contributed by atoms with Crippen LogP contribution < -0.4 is 5.73 Å². The van der Waals surface area contributed by atoms with E-state index in [0.717, 1.165) is 26.1 Å². The third-order valence-corrected chi connectivity index (χ3v) is 4.12. The van der Waals surface area contributed by atoms with E-state index in [1.807, 2.05) is 0 Å². The molecule has 3 nitrogen and oxygen atoms in total. The van der Waals surface area contributed by atoms with Gasteiger partial charge in [0.2, 0.25) is 0 Å². The van der Waals surface area contributed by atoms with Crippen LogP contribution in [0.25, 0.3) is 0 Å². The molecule has 2 fully saturated rings. The van der Waals surface area contributed by atoms with Crippen molar-refractivity contribution in [3.8, 4) is 0 Å². The van der Waals surface area contributed by atoms with Gasteiger partial charge in [0.1, 0.15) is 0 Å². The van der Waals surface area contributed by atoms with Crippen molar-refractivity contribution in [3.63, 3.8) is 0 Å². The van der Waals surface area contributed by atoms with Crippen LogP contribution in [0.1, 0.15) is 32.1 Å². The molecule has 1 aliphatic carbocycles. The first-order chi connectivity index (χ1) is 6.78. The molecule has 3 N–H and O–H groups in total. The van der Waals surface area contributed by atoms with Crippen LogP contribution in [0.5, 0.6) is 0 Å². The second-order valence-electron chi connectivity index (χ2n) is 4.81. The van der Waals surface area contributed by atoms with Gasteiger partial charge in [-0.05, 0) is 31.6 Å². The number of aliphatic hydroxyl groups is 1. The summed E-state index contributed by atoms with van der Waals surface area (Å²) in [6, 6.07) is 0. The van der Waals surface area contributed by atoms with Crippen LogP contribution in [0.3, 0.4) is 0 Å². The SMILES string of the molecule is NCC1([C@H](O)C2CCC2)CCOCC1. The summed E-state index contributed by atoms with van der Waals surface area (Å²) in [4.78, 5) is 0. The molecule has 0 bridgehead atoms. The monoisotopic (exact) mass is 199 g/mol. The molecule has 1 saturated carbocycles. The van der Waals surface area contributed by atoms with Gasteiger partial charge in [-0.25, -0.2) is 0 Å². The van der Waals surface area contributed by atoms with Crippen molar-refractivity contribution in [3.05, 3.63) is 0 Å². The summed E-state index contributed by atoms with van der Waals surface area (Å²) < 4.78 is 5.34. The van der Waals surface area contributed by atoms with Crippen molar-refractivity contribution >= 4 is 0 Å². The predicted octanol–water partition coefficient (Wildman–Crippen LogP) is 0.903. The van der Waals surface area contributed by atoms with Gasteiger partial charge in [0.15, 0.2) is 0 Å². The lowest BCUT2D eigenvalue weighted by Crippen LogP contribution is -2.50. The number of hydrogen-bond acceptors (Lipinski definition) is 3. The summed E-state index contributed by atoms with van der Waals surface area (Å²) in [7, 11) is 0. The second kappa shape index (κ2) is 4.17. The van der Waals surface area contributed by atoms with Crippen molar-refractivity contribution in [2.24, 2.45) is 17.1 Å². The molecule has 1 aliphatic heterocycles. The summed E-state index contributed by atoms with van der Waals surface area (Å²) >= 11 is 0. The Kier molecular flexibility index (Phi) is 3.10. The van der Waals surface area contributed by atoms with E-state index in [0.29, 0.717) is 12.5 Å². The lowest BCUT2D eigenvalue weighted by Gasteiger charge is -2.45. The molecule has 1 heterocycles. The van der Waals surface area contributed by atoms with Crippen LogP contribution >= 0.6 is 0 Å². The molecule has 0 aromatic heterocycles. The minimum atomic E-state index is -0.190. The maximum absolute atomic E-state index is 10.3. The lowest BCUT2D eigenvalue weighted by molar-refractivity contribution is -0.0941. The van der Waals surface area contributed by atoms with Crippen LogP contribution in [0.4, 0.5) is 0 Å². The minimum absolute atomic E-state index is 0.0384. The standard InChI is InChI=1S/C11H21NO2/c12-8-11(4-6-14-7-5-11)10(13)9-2-1-3-9/h9-10,13H,1-8,12H2/t10-/m1/s1. The molecule has 0 radical (unpaired) electrons. The van der Waals surface area contributed by atoms with Gasteiger partial charge in [0, 0.05) is 25.2 Å². The maximum Gasteiger partial charge on any atom is 0.0638 e. The van der Waals surface area contributed by atoms with E-state index in [2.05, 4.69) is 0 Å². The summed E-state index contributed by atoms with van der Waals surface area (Å²) in [5.74, 6) is 0.511. The zero-order chi connectivity index (χ0) is 10.0. The summed E-state index contributed by atoms with van der Waals surface area (Å²) in [6.07, 6.45) is 5.32. The first-order valence-electron chi connectivity index (χ1n) is 5.74. The Morgan fingerprint density at radius 2 is 2.00 bits per heavy atom. The molecule has 0 aromatic rings. The molecule has 14 heavy (non-hydrogen) atoms. The van der Waals surface area contributed by atoms with Crippen LogP contribution in [0, 0.1) is 11.3 Å². The molecule has 1 saturated heterocycles. The largest absolute Gasteiger partial charge is 0.392 e. The molecule has 3 heteroatoms. The highest BCUT2D eigenvalue weighted by Crippen LogP contribution is 2.42. The van der Waals surface area contributed by atoms with E-state index in [9.17, 15) is 5.11 Å². The Balaban J connectivity index is 2.01. The Morgan fingerprint density at radius 3 is 2.43 bits per heavy atom. The summed E-state index contributed by atoms with van der Waals surface area (Å²) in [5.41, 5.74) is 5.80. The topological polar surface area (TPSA) is 55.5 Å². The van der Waals surface area contributed by atoms with Crippen LogP contribution in [-0.4, -0.2) is 31.0 Å². The molecular weight excluding hydrogens is 178 g/mol. The molecule has 1 atom stereocenters. The van der Waals surface area contributed by atoms with Gasteiger partial charge in [-0.3, -0.25) is 0 Å². The molecule has 0 aromatic carbocycles. The van der Waals surface area contributed by atoms with Crippen LogP contribution in [-0.2, 0) is 4.74 Å². The minimum Gasteiger partial charge on any atom is -0.392 e. The number of ether oxygens (including phenoxy) is 1. The smallest absolute Gasteiger partial charge is 0.0638 e. The van der Waals surface area contributed by atoms with Gasteiger partial charge in [0.05, 0.1) is 6.10 Å². The van der Waals surface area contributed by atoms with Crippen molar-refractivity contribution in [2.75, 3.05) is 19.8 Å².